The van der Waals surface area contributed by atoms with Gasteiger partial charge in [0.2, 0.25) is 0 Å². The Hall–Kier alpha value is -3.87. The molecule has 2 aromatic carbocycles. The number of anilines is 1. The van der Waals surface area contributed by atoms with Crippen LogP contribution in [0.3, 0.4) is 0 Å². The zero-order chi connectivity index (χ0) is 33.1. The zero-order valence-electron chi connectivity index (χ0n) is 28.1. The third kappa shape index (κ3) is 13.3. The molecule has 0 unspecified atom stereocenters. The molecule has 2 N–H and O–H groups in total. The van der Waals surface area contributed by atoms with Gasteiger partial charge in [-0.3, -0.25) is 9.79 Å². The SMILES string of the molecule is C/C=C\N=C(Nc1ccc(C(=O)NCCC)c(CC)c1)C(C)=N/C=C(\C)c1ccc(C)c(F)c1F.C=C(C)C(C)C.CC. The van der Waals surface area contributed by atoms with Gasteiger partial charge in [0, 0.05) is 35.8 Å². The molecule has 0 aromatic heterocycles. The Balaban J connectivity index is 0.00000196. The predicted molar refractivity (Wildman–Crippen MR) is 183 cm³/mol. The number of aliphatic imine (C=N–C) groups is 2. The van der Waals surface area contributed by atoms with E-state index in [9.17, 15) is 13.6 Å². The van der Waals surface area contributed by atoms with Gasteiger partial charge in [0.1, 0.15) is 0 Å². The van der Waals surface area contributed by atoms with Crippen LogP contribution in [0.4, 0.5) is 14.5 Å². The number of benzene rings is 2. The summed E-state index contributed by atoms with van der Waals surface area (Å²) >= 11 is 0. The minimum absolute atomic E-state index is 0.0869. The van der Waals surface area contributed by atoms with Crippen molar-refractivity contribution in [1.29, 1.82) is 0 Å². The first kappa shape index (κ1) is 39.1. The minimum atomic E-state index is -0.886. The van der Waals surface area contributed by atoms with E-state index in [1.54, 1.807) is 44.3 Å². The van der Waals surface area contributed by atoms with Crippen LogP contribution in [-0.2, 0) is 6.42 Å². The average Bonchev–Trinajstić information content (AvgIpc) is 3.00. The van der Waals surface area contributed by atoms with Crippen LogP contribution in [0.2, 0.25) is 0 Å². The molecule has 2 aromatic rings. The maximum Gasteiger partial charge on any atom is 0.251 e. The van der Waals surface area contributed by atoms with Gasteiger partial charge >= 0.3 is 0 Å². The normalized spacial score (nSPS) is 11.9. The van der Waals surface area contributed by atoms with Gasteiger partial charge in [-0.25, -0.2) is 13.8 Å². The van der Waals surface area contributed by atoms with Crippen LogP contribution in [0, 0.1) is 24.5 Å². The second kappa shape index (κ2) is 20.9. The van der Waals surface area contributed by atoms with Crippen molar-refractivity contribution in [2.75, 3.05) is 11.9 Å². The maximum absolute atomic E-state index is 14.3. The van der Waals surface area contributed by atoms with Gasteiger partial charge in [0.05, 0.1) is 5.71 Å². The van der Waals surface area contributed by atoms with Crippen molar-refractivity contribution < 1.29 is 13.6 Å². The van der Waals surface area contributed by atoms with E-state index in [1.807, 2.05) is 53.7 Å². The second-order valence-corrected chi connectivity index (χ2v) is 10.2. The molecular weight excluding hydrogens is 542 g/mol. The summed E-state index contributed by atoms with van der Waals surface area (Å²) in [6, 6.07) is 8.63. The van der Waals surface area contributed by atoms with Crippen LogP contribution in [0.5, 0.6) is 0 Å². The smallest absolute Gasteiger partial charge is 0.251 e. The molecule has 0 saturated carbocycles. The van der Waals surface area contributed by atoms with Gasteiger partial charge in [-0.05, 0) is 88.3 Å². The van der Waals surface area contributed by atoms with Gasteiger partial charge in [-0.2, -0.15) is 0 Å². The van der Waals surface area contributed by atoms with Crippen molar-refractivity contribution in [3.8, 4) is 0 Å². The Morgan fingerprint density at radius 3 is 2.14 bits per heavy atom. The second-order valence-electron chi connectivity index (χ2n) is 10.2. The molecule has 0 fully saturated rings. The Morgan fingerprint density at radius 1 is 1.00 bits per heavy atom. The van der Waals surface area contributed by atoms with Crippen LogP contribution in [0.15, 0.2) is 70.9 Å². The molecule has 0 radical (unpaired) electrons. The monoisotopic (exact) mass is 594 g/mol. The fourth-order valence-corrected chi connectivity index (χ4v) is 3.30. The highest BCUT2D eigenvalue weighted by Crippen LogP contribution is 2.22. The molecule has 0 aliphatic heterocycles. The largest absolute Gasteiger partial charge is 0.352 e. The fraction of sp³-hybridized carbons (Fsp3) is 0.417. The summed E-state index contributed by atoms with van der Waals surface area (Å²) in [5.74, 6) is -0.677. The third-order valence-electron chi connectivity index (χ3n) is 6.36. The van der Waals surface area contributed by atoms with Crippen molar-refractivity contribution in [1.82, 2.24) is 5.32 Å². The van der Waals surface area contributed by atoms with Gasteiger partial charge in [0.15, 0.2) is 17.5 Å². The predicted octanol–water partition coefficient (Wildman–Crippen LogP) is 10.1. The number of carbonyl (C=O) groups is 1. The summed E-state index contributed by atoms with van der Waals surface area (Å²) < 4.78 is 28.3. The number of hydrogen-bond acceptors (Lipinski definition) is 3. The number of halogens is 2. The zero-order valence-corrected chi connectivity index (χ0v) is 28.1. The summed E-state index contributed by atoms with van der Waals surface area (Å²) in [5, 5.41) is 6.18. The number of carbonyl (C=O) groups excluding carboxylic acids is 1. The highest BCUT2D eigenvalue weighted by atomic mass is 19.2. The highest BCUT2D eigenvalue weighted by molar-refractivity contribution is 6.45. The van der Waals surface area contributed by atoms with E-state index in [0.29, 0.717) is 41.6 Å². The Bertz CT molecular complexity index is 1320. The quantitative estimate of drug-likeness (QED) is 0.163. The average molecular weight is 595 g/mol. The van der Waals surface area contributed by atoms with Crippen molar-refractivity contribution in [2.24, 2.45) is 15.9 Å². The van der Waals surface area contributed by atoms with Crippen LogP contribution in [0.25, 0.3) is 5.57 Å². The summed E-state index contributed by atoms with van der Waals surface area (Å²) in [5.41, 5.74) is 5.04. The van der Waals surface area contributed by atoms with Crippen molar-refractivity contribution in [3.63, 3.8) is 0 Å². The fourth-order valence-electron chi connectivity index (χ4n) is 3.30. The molecule has 2 rings (SSSR count). The Kier molecular flexibility index (Phi) is 19.0. The summed E-state index contributed by atoms with van der Waals surface area (Å²) in [6.07, 6.45) is 6.49. The van der Waals surface area contributed by atoms with E-state index in [4.69, 9.17) is 0 Å². The molecule has 0 aliphatic carbocycles. The molecule has 0 spiro atoms. The van der Waals surface area contributed by atoms with Gasteiger partial charge in [0.25, 0.3) is 5.91 Å². The number of aryl methyl sites for hydroxylation is 2. The Labute approximate surface area is 259 Å². The lowest BCUT2D eigenvalue weighted by atomic mass is 10.0. The van der Waals surface area contributed by atoms with E-state index in [2.05, 4.69) is 41.0 Å². The number of amides is 1. The summed E-state index contributed by atoms with van der Waals surface area (Å²) in [7, 11) is 0. The van der Waals surface area contributed by atoms with Gasteiger partial charge < -0.3 is 10.6 Å². The summed E-state index contributed by atoms with van der Waals surface area (Å²) in [4.78, 5) is 21.3. The van der Waals surface area contributed by atoms with Crippen molar-refractivity contribution in [2.45, 2.75) is 89.0 Å². The number of nitrogens with zero attached hydrogens (tertiary/aromatic N) is 2. The lowest BCUT2D eigenvalue weighted by Gasteiger charge is -2.13. The first-order valence-electron chi connectivity index (χ1n) is 15.1. The first-order chi connectivity index (χ1) is 20.4. The van der Waals surface area contributed by atoms with E-state index in [-0.39, 0.29) is 17.0 Å². The van der Waals surface area contributed by atoms with E-state index in [0.717, 1.165) is 17.7 Å². The van der Waals surface area contributed by atoms with E-state index in [1.165, 1.54) is 18.7 Å². The van der Waals surface area contributed by atoms with Crippen LogP contribution in [0.1, 0.15) is 103 Å². The van der Waals surface area contributed by atoms with Gasteiger partial charge in [-0.15, -0.1) is 0 Å². The molecule has 0 bridgehead atoms. The molecule has 236 valence electrons. The van der Waals surface area contributed by atoms with E-state index >= 15 is 0 Å². The number of allylic oxidation sites excluding steroid dienone is 3. The molecule has 0 saturated heterocycles. The molecule has 0 atom stereocenters. The maximum atomic E-state index is 14.3. The minimum Gasteiger partial charge on any atom is -0.352 e. The van der Waals surface area contributed by atoms with Gasteiger partial charge in [-0.1, -0.05) is 71.9 Å². The molecule has 43 heavy (non-hydrogen) atoms. The van der Waals surface area contributed by atoms with Crippen LogP contribution in [-0.4, -0.2) is 24.0 Å². The van der Waals surface area contributed by atoms with Crippen molar-refractivity contribution >= 4 is 28.7 Å². The van der Waals surface area contributed by atoms with E-state index < -0.39 is 11.6 Å². The number of nitrogens with one attached hydrogen (secondary N) is 2. The first-order valence-corrected chi connectivity index (χ1v) is 15.1. The van der Waals surface area contributed by atoms with Crippen LogP contribution < -0.4 is 10.6 Å². The number of amidine groups is 1. The molecule has 0 aliphatic rings. The lowest BCUT2D eigenvalue weighted by Crippen LogP contribution is -2.25. The molecule has 1 amide bonds. The molecule has 5 nitrogen and oxygen atoms in total. The molecular formula is C36H52F2N4O. The number of rotatable bonds is 10. The lowest BCUT2D eigenvalue weighted by molar-refractivity contribution is 0.0952. The number of hydrogen-bond donors (Lipinski definition) is 2. The topological polar surface area (TPSA) is 65.8 Å². The highest BCUT2D eigenvalue weighted by Gasteiger charge is 2.13. The van der Waals surface area contributed by atoms with Crippen molar-refractivity contribution in [3.05, 3.63) is 94.8 Å². The Morgan fingerprint density at radius 2 is 1.60 bits per heavy atom. The third-order valence-corrected chi connectivity index (χ3v) is 6.36. The van der Waals surface area contributed by atoms with Crippen LogP contribution >= 0.6 is 0 Å². The molecule has 0 heterocycles. The molecule has 7 heteroatoms. The summed E-state index contributed by atoms with van der Waals surface area (Å²) in [6.45, 7) is 25.5. The standard InChI is InChI=1S/C28H34F2N4O.C6H12.C2H6/c1-7-14-31-27(20(6)33-17-19(5)23-12-10-18(4)25(29)26(23)30)34-22-11-13-24(21(9-3)16-22)28(35)32-15-8-2;1-5(2)6(3)4;1-2/h7,10-14,16-17H,8-9,15H2,1-6H3,(H,31,34)(H,32,35);6H,1H2,2-4H3;1-2H3/b14-7-,19-17+,33-20?;;.